The van der Waals surface area contributed by atoms with E-state index in [-0.39, 0.29) is 16.8 Å². The number of benzene rings is 1. The lowest BCUT2D eigenvalue weighted by Crippen LogP contribution is -2.27. The molecule has 0 bridgehead atoms. The predicted molar refractivity (Wildman–Crippen MR) is 82.4 cm³/mol. The zero-order valence-corrected chi connectivity index (χ0v) is 13.5. The van der Waals surface area contributed by atoms with E-state index in [1.807, 2.05) is 14.0 Å². The van der Waals surface area contributed by atoms with Crippen molar-refractivity contribution in [2.24, 2.45) is 0 Å². The van der Waals surface area contributed by atoms with Crippen molar-refractivity contribution in [3.63, 3.8) is 0 Å². The number of sulfonamides is 1. The van der Waals surface area contributed by atoms with Gasteiger partial charge in [-0.2, -0.15) is 0 Å². The van der Waals surface area contributed by atoms with Crippen molar-refractivity contribution in [3.05, 3.63) is 29.8 Å². The highest BCUT2D eigenvalue weighted by atomic mass is 32.2. The first-order chi connectivity index (χ1) is 9.90. The predicted octanol–water partition coefficient (Wildman–Crippen LogP) is 0.772. The molecule has 0 aromatic heterocycles. The molecule has 1 aromatic carbocycles. The zero-order valence-electron chi connectivity index (χ0n) is 12.6. The molecule has 0 spiro atoms. The van der Waals surface area contributed by atoms with Crippen molar-refractivity contribution in [1.82, 2.24) is 15.4 Å². The Kier molecular flexibility index (Phi) is 6.80. The van der Waals surface area contributed by atoms with E-state index in [0.717, 1.165) is 18.5 Å². The Balaban J connectivity index is 2.63. The molecule has 1 rings (SSSR count). The van der Waals surface area contributed by atoms with Gasteiger partial charge >= 0.3 is 0 Å². The lowest BCUT2D eigenvalue weighted by atomic mass is 10.1. The van der Waals surface area contributed by atoms with Gasteiger partial charge in [-0.05, 0) is 51.7 Å². The van der Waals surface area contributed by atoms with Crippen LogP contribution in [0.25, 0.3) is 0 Å². The molecule has 6 nitrogen and oxygen atoms in total. The molecule has 0 saturated carbocycles. The van der Waals surface area contributed by atoms with Crippen LogP contribution in [0.15, 0.2) is 29.2 Å². The van der Waals surface area contributed by atoms with Gasteiger partial charge in [0.05, 0.1) is 10.9 Å². The molecule has 0 fully saturated rings. The Bertz CT molecular complexity index is 555. The first-order valence-corrected chi connectivity index (χ1v) is 8.36. The summed E-state index contributed by atoms with van der Waals surface area (Å²) < 4.78 is 25.5. The average Bonchev–Trinajstić information content (AvgIpc) is 2.47. The van der Waals surface area contributed by atoms with Crippen molar-refractivity contribution in [1.29, 1.82) is 0 Å². The highest BCUT2D eigenvalue weighted by Gasteiger charge is 2.13. The standard InChI is InChI=1S/C14H23N3O3S/c1-11(17-14(18)5-4-10-15-2)12-6-8-13(9-7-12)21(19,20)16-3/h6-9,11,15-16H,4-5,10H2,1-3H3,(H,17,18). The van der Waals surface area contributed by atoms with Gasteiger partial charge < -0.3 is 10.6 Å². The molecule has 0 aliphatic heterocycles. The third-order valence-electron chi connectivity index (χ3n) is 3.17. The van der Waals surface area contributed by atoms with Crippen LogP contribution in [0.3, 0.4) is 0 Å². The first kappa shape index (κ1) is 17.6. The maximum atomic E-state index is 11.7. The van der Waals surface area contributed by atoms with Crippen LogP contribution in [0.1, 0.15) is 31.4 Å². The molecular formula is C14H23N3O3S. The number of hydrogen-bond acceptors (Lipinski definition) is 4. The molecule has 3 N–H and O–H groups in total. The number of amides is 1. The summed E-state index contributed by atoms with van der Waals surface area (Å²) in [5, 5.41) is 5.89. The molecular weight excluding hydrogens is 290 g/mol. The fourth-order valence-corrected chi connectivity index (χ4v) is 2.61. The third kappa shape index (κ3) is 5.45. The highest BCUT2D eigenvalue weighted by molar-refractivity contribution is 7.89. The van der Waals surface area contributed by atoms with E-state index in [2.05, 4.69) is 15.4 Å². The zero-order chi connectivity index (χ0) is 15.9. The van der Waals surface area contributed by atoms with E-state index in [1.165, 1.54) is 19.2 Å². The van der Waals surface area contributed by atoms with Crippen LogP contribution in [0.5, 0.6) is 0 Å². The molecule has 0 aliphatic carbocycles. The van der Waals surface area contributed by atoms with Gasteiger partial charge in [0.1, 0.15) is 0 Å². The summed E-state index contributed by atoms with van der Waals surface area (Å²) in [5.74, 6) is -0.00956. The minimum absolute atomic E-state index is 0.00956. The molecule has 1 atom stereocenters. The van der Waals surface area contributed by atoms with E-state index in [0.29, 0.717) is 6.42 Å². The molecule has 0 saturated heterocycles. The number of carbonyl (C=O) groups is 1. The largest absolute Gasteiger partial charge is 0.350 e. The van der Waals surface area contributed by atoms with Crippen LogP contribution in [0, 0.1) is 0 Å². The maximum Gasteiger partial charge on any atom is 0.240 e. The summed E-state index contributed by atoms with van der Waals surface area (Å²) >= 11 is 0. The second-order valence-electron chi connectivity index (χ2n) is 4.77. The van der Waals surface area contributed by atoms with Crippen molar-refractivity contribution in [2.75, 3.05) is 20.6 Å². The lowest BCUT2D eigenvalue weighted by molar-refractivity contribution is -0.121. The summed E-state index contributed by atoms with van der Waals surface area (Å²) in [5.41, 5.74) is 0.868. The minimum Gasteiger partial charge on any atom is -0.350 e. The van der Waals surface area contributed by atoms with Gasteiger partial charge in [-0.3, -0.25) is 4.79 Å². The average molecular weight is 313 g/mol. The van der Waals surface area contributed by atoms with Gasteiger partial charge in [0.15, 0.2) is 0 Å². The summed E-state index contributed by atoms with van der Waals surface area (Å²) in [6.45, 7) is 2.68. The second kappa shape index (κ2) is 8.11. The van der Waals surface area contributed by atoms with Crippen LogP contribution < -0.4 is 15.4 Å². The van der Waals surface area contributed by atoms with Gasteiger partial charge in [-0.25, -0.2) is 13.1 Å². The fourth-order valence-electron chi connectivity index (χ4n) is 1.88. The van der Waals surface area contributed by atoms with Crippen molar-refractivity contribution in [2.45, 2.75) is 30.7 Å². The van der Waals surface area contributed by atoms with Crippen LogP contribution >= 0.6 is 0 Å². The quantitative estimate of drug-likeness (QED) is 0.619. The molecule has 21 heavy (non-hydrogen) atoms. The van der Waals surface area contributed by atoms with E-state index < -0.39 is 10.0 Å². The first-order valence-electron chi connectivity index (χ1n) is 6.88. The summed E-state index contributed by atoms with van der Waals surface area (Å²) in [7, 11) is -0.202. The highest BCUT2D eigenvalue weighted by Crippen LogP contribution is 2.16. The molecule has 1 aromatic rings. The van der Waals surface area contributed by atoms with Gasteiger partial charge in [-0.15, -0.1) is 0 Å². The summed E-state index contributed by atoms with van der Waals surface area (Å²) in [4.78, 5) is 11.9. The van der Waals surface area contributed by atoms with Gasteiger partial charge in [0.2, 0.25) is 15.9 Å². The monoisotopic (exact) mass is 313 g/mol. The Morgan fingerprint density at radius 3 is 2.33 bits per heavy atom. The Morgan fingerprint density at radius 2 is 1.81 bits per heavy atom. The number of rotatable bonds is 8. The Labute approximate surface area is 126 Å². The number of nitrogens with one attached hydrogen (secondary N) is 3. The van der Waals surface area contributed by atoms with Crippen LogP contribution in [0.2, 0.25) is 0 Å². The smallest absolute Gasteiger partial charge is 0.240 e. The fraction of sp³-hybridized carbons (Fsp3) is 0.500. The van der Waals surface area contributed by atoms with Crippen molar-refractivity contribution < 1.29 is 13.2 Å². The van der Waals surface area contributed by atoms with Gasteiger partial charge in [-0.1, -0.05) is 12.1 Å². The Hall–Kier alpha value is -1.44. The van der Waals surface area contributed by atoms with E-state index in [1.54, 1.807) is 12.1 Å². The summed E-state index contributed by atoms with van der Waals surface area (Å²) in [6.07, 6.45) is 1.26. The molecule has 0 heterocycles. The van der Waals surface area contributed by atoms with Crippen molar-refractivity contribution in [3.8, 4) is 0 Å². The molecule has 7 heteroatoms. The van der Waals surface area contributed by atoms with E-state index >= 15 is 0 Å². The molecule has 1 unspecified atom stereocenters. The van der Waals surface area contributed by atoms with Crippen LogP contribution in [0.4, 0.5) is 0 Å². The maximum absolute atomic E-state index is 11.7. The van der Waals surface area contributed by atoms with Crippen LogP contribution in [-0.2, 0) is 14.8 Å². The Morgan fingerprint density at radius 1 is 1.19 bits per heavy atom. The molecule has 118 valence electrons. The van der Waals surface area contributed by atoms with Gasteiger partial charge in [0, 0.05) is 6.42 Å². The number of hydrogen-bond donors (Lipinski definition) is 3. The normalized spacial score (nSPS) is 12.9. The number of carbonyl (C=O) groups excluding carboxylic acids is 1. The van der Waals surface area contributed by atoms with Crippen molar-refractivity contribution >= 4 is 15.9 Å². The topological polar surface area (TPSA) is 87.3 Å². The molecule has 1 amide bonds. The minimum atomic E-state index is -3.42. The second-order valence-corrected chi connectivity index (χ2v) is 6.66. The molecule has 0 aliphatic rings. The molecule has 0 radical (unpaired) electrons. The summed E-state index contributed by atoms with van der Waals surface area (Å²) in [6, 6.07) is 6.33. The SMILES string of the molecule is CNCCCC(=O)NC(C)c1ccc(S(=O)(=O)NC)cc1. The van der Waals surface area contributed by atoms with E-state index in [4.69, 9.17) is 0 Å². The van der Waals surface area contributed by atoms with Crippen LogP contribution in [-0.4, -0.2) is 35.0 Å². The third-order valence-corrected chi connectivity index (χ3v) is 4.60. The van der Waals surface area contributed by atoms with E-state index in [9.17, 15) is 13.2 Å². The van der Waals surface area contributed by atoms with Gasteiger partial charge in [0.25, 0.3) is 0 Å². The lowest BCUT2D eigenvalue weighted by Gasteiger charge is -2.15.